The van der Waals surface area contributed by atoms with Gasteiger partial charge in [0.25, 0.3) is 0 Å². The third-order valence-corrected chi connectivity index (χ3v) is 4.24. The summed E-state index contributed by atoms with van der Waals surface area (Å²) in [6.07, 6.45) is 6.91. The van der Waals surface area contributed by atoms with Gasteiger partial charge in [0.05, 0.1) is 10.7 Å². The van der Waals surface area contributed by atoms with Crippen molar-refractivity contribution in [2.75, 3.05) is 25.5 Å². The second-order valence-corrected chi connectivity index (χ2v) is 5.92. The molecule has 0 saturated heterocycles. The number of rotatable bonds is 5. The topological polar surface area (TPSA) is 28.2 Å². The molecule has 1 N–H and O–H groups in total. The minimum Gasteiger partial charge on any atom is -0.359 e. The lowest BCUT2D eigenvalue weighted by Gasteiger charge is -2.28. The lowest BCUT2D eigenvalue weighted by molar-refractivity contribution is 0.361. The van der Waals surface area contributed by atoms with Crippen molar-refractivity contribution < 1.29 is 0 Å². The van der Waals surface area contributed by atoms with Gasteiger partial charge in [-0.25, -0.2) is 4.98 Å². The maximum Gasteiger partial charge on any atom is 0.128 e. The van der Waals surface area contributed by atoms with Gasteiger partial charge in [-0.3, -0.25) is 0 Å². The van der Waals surface area contributed by atoms with Crippen LogP contribution in [0.15, 0.2) is 12.1 Å². The second kappa shape index (κ2) is 7.11. The molecule has 1 heterocycles. The van der Waals surface area contributed by atoms with E-state index in [0.29, 0.717) is 6.54 Å². The van der Waals surface area contributed by atoms with E-state index in [1.807, 2.05) is 19.2 Å². The molecule has 1 saturated carbocycles. The van der Waals surface area contributed by atoms with Crippen LogP contribution in [0.1, 0.15) is 37.8 Å². The predicted molar refractivity (Wildman–Crippen MR) is 81.9 cm³/mol. The van der Waals surface area contributed by atoms with Crippen LogP contribution in [0.5, 0.6) is 0 Å². The zero-order valence-electron chi connectivity index (χ0n) is 12.0. The van der Waals surface area contributed by atoms with Crippen LogP contribution < -0.4 is 10.2 Å². The van der Waals surface area contributed by atoms with Crippen LogP contribution in [0.25, 0.3) is 0 Å². The molecule has 3 nitrogen and oxygen atoms in total. The van der Waals surface area contributed by atoms with E-state index in [0.717, 1.165) is 29.0 Å². The molecule has 0 bridgehead atoms. The summed E-state index contributed by atoms with van der Waals surface area (Å²) in [5.41, 5.74) is 0.928. The molecule has 4 heteroatoms. The minimum absolute atomic E-state index is 0.712. The first kappa shape index (κ1) is 14.6. The maximum absolute atomic E-state index is 6.15. The third kappa shape index (κ3) is 4.08. The fourth-order valence-corrected chi connectivity index (χ4v) is 3.00. The Morgan fingerprint density at radius 1 is 1.32 bits per heavy atom. The molecule has 1 aromatic rings. The van der Waals surface area contributed by atoms with Crippen molar-refractivity contribution in [2.24, 2.45) is 5.92 Å². The summed E-state index contributed by atoms with van der Waals surface area (Å²) < 4.78 is 0. The standard InChI is InChI=1S/C15H24ClN3/c1-17-10-14-13(16)8-9-15(18-14)19(2)11-12-6-4-3-5-7-12/h8-9,12,17H,3-7,10-11H2,1-2H3. The Morgan fingerprint density at radius 3 is 2.74 bits per heavy atom. The number of nitrogens with zero attached hydrogens (tertiary/aromatic N) is 2. The van der Waals surface area contributed by atoms with Crippen LogP contribution in [0.4, 0.5) is 5.82 Å². The Labute approximate surface area is 121 Å². The fourth-order valence-electron chi connectivity index (χ4n) is 2.83. The minimum atomic E-state index is 0.712. The largest absolute Gasteiger partial charge is 0.359 e. The van der Waals surface area contributed by atoms with E-state index in [9.17, 15) is 0 Å². The first-order chi connectivity index (χ1) is 9.20. The zero-order chi connectivity index (χ0) is 13.7. The van der Waals surface area contributed by atoms with E-state index < -0.39 is 0 Å². The monoisotopic (exact) mass is 281 g/mol. The molecule has 1 fully saturated rings. The second-order valence-electron chi connectivity index (χ2n) is 5.51. The molecule has 0 radical (unpaired) electrons. The van der Waals surface area contributed by atoms with E-state index in [-0.39, 0.29) is 0 Å². The molecule has 2 rings (SSSR count). The van der Waals surface area contributed by atoms with E-state index in [4.69, 9.17) is 11.6 Å². The molecule has 0 atom stereocenters. The van der Waals surface area contributed by atoms with Gasteiger partial charge in [-0.05, 0) is 37.9 Å². The molecule has 19 heavy (non-hydrogen) atoms. The van der Waals surface area contributed by atoms with Crippen molar-refractivity contribution in [1.29, 1.82) is 0 Å². The quantitative estimate of drug-likeness (QED) is 0.896. The van der Waals surface area contributed by atoms with E-state index in [1.165, 1.54) is 32.1 Å². The SMILES string of the molecule is CNCc1nc(N(C)CC2CCCCC2)ccc1Cl. The highest BCUT2D eigenvalue weighted by Crippen LogP contribution is 2.26. The maximum atomic E-state index is 6.15. The van der Waals surface area contributed by atoms with Crippen molar-refractivity contribution >= 4 is 17.4 Å². The van der Waals surface area contributed by atoms with Crippen LogP contribution in [-0.2, 0) is 6.54 Å². The van der Waals surface area contributed by atoms with Gasteiger partial charge >= 0.3 is 0 Å². The van der Waals surface area contributed by atoms with Gasteiger partial charge in [0.2, 0.25) is 0 Å². The summed E-state index contributed by atoms with van der Waals surface area (Å²) in [6.45, 7) is 1.82. The average molecular weight is 282 g/mol. The Kier molecular flexibility index (Phi) is 5.46. The van der Waals surface area contributed by atoms with E-state index in [1.54, 1.807) is 0 Å². The Balaban J connectivity index is 2.01. The van der Waals surface area contributed by atoms with Crippen LogP contribution in [0.3, 0.4) is 0 Å². The van der Waals surface area contributed by atoms with E-state index in [2.05, 4.69) is 22.2 Å². The van der Waals surface area contributed by atoms with Crippen LogP contribution in [0.2, 0.25) is 5.02 Å². The third-order valence-electron chi connectivity index (χ3n) is 3.90. The Morgan fingerprint density at radius 2 is 2.05 bits per heavy atom. The van der Waals surface area contributed by atoms with Crippen molar-refractivity contribution in [3.8, 4) is 0 Å². The number of halogens is 1. The van der Waals surface area contributed by atoms with Crippen LogP contribution >= 0.6 is 11.6 Å². The summed E-state index contributed by atoms with van der Waals surface area (Å²) in [4.78, 5) is 6.93. The first-order valence-electron chi connectivity index (χ1n) is 7.22. The molecule has 1 aliphatic rings. The zero-order valence-corrected chi connectivity index (χ0v) is 12.7. The molecule has 106 valence electrons. The molecular formula is C15H24ClN3. The molecule has 0 unspecified atom stereocenters. The van der Waals surface area contributed by atoms with Crippen molar-refractivity contribution in [1.82, 2.24) is 10.3 Å². The predicted octanol–water partition coefficient (Wildman–Crippen LogP) is 3.47. The highest BCUT2D eigenvalue weighted by atomic mass is 35.5. The van der Waals surface area contributed by atoms with Crippen LogP contribution in [0, 0.1) is 5.92 Å². The van der Waals surface area contributed by atoms with E-state index >= 15 is 0 Å². The number of hydrogen-bond donors (Lipinski definition) is 1. The molecular weight excluding hydrogens is 258 g/mol. The van der Waals surface area contributed by atoms with Gasteiger partial charge < -0.3 is 10.2 Å². The summed E-state index contributed by atoms with van der Waals surface area (Å²) in [6, 6.07) is 3.97. The number of hydrogen-bond acceptors (Lipinski definition) is 3. The van der Waals surface area contributed by atoms with Gasteiger partial charge in [0.1, 0.15) is 5.82 Å². The lowest BCUT2D eigenvalue weighted by atomic mass is 9.89. The highest BCUT2D eigenvalue weighted by Gasteiger charge is 2.16. The van der Waals surface area contributed by atoms with Gasteiger partial charge in [-0.2, -0.15) is 0 Å². The number of anilines is 1. The van der Waals surface area contributed by atoms with Crippen molar-refractivity contribution in [2.45, 2.75) is 38.6 Å². The number of pyridine rings is 1. The summed E-state index contributed by atoms with van der Waals surface area (Å²) in [5.74, 6) is 1.85. The van der Waals surface area contributed by atoms with Gasteiger partial charge in [0.15, 0.2) is 0 Å². The summed E-state index contributed by atoms with van der Waals surface area (Å²) in [5, 5.41) is 3.85. The van der Waals surface area contributed by atoms with Crippen molar-refractivity contribution in [3.05, 3.63) is 22.8 Å². The smallest absolute Gasteiger partial charge is 0.128 e. The summed E-state index contributed by atoms with van der Waals surface area (Å²) >= 11 is 6.15. The lowest BCUT2D eigenvalue weighted by Crippen LogP contribution is -2.27. The molecule has 0 aliphatic heterocycles. The number of nitrogens with one attached hydrogen (secondary N) is 1. The molecule has 0 aromatic carbocycles. The Bertz CT molecular complexity index is 402. The highest BCUT2D eigenvalue weighted by molar-refractivity contribution is 6.31. The molecule has 0 amide bonds. The van der Waals surface area contributed by atoms with Gasteiger partial charge in [-0.1, -0.05) is 30.9 Å². The normalized spacial score (nSPS) is 16.6. The van der Waals surface area contributed by atoms with Crippen LogP contribution in [-0.4, -0.2) is 25.6 Å². The fraction of sp³-hybridized carbons (Fsp3) is 0.667. The molecule has 1 aromatic heterocycles. The van der Waals surface area contributed by atoms with Gasteiger partial charge in [0, 0.05) is 20.1 Å². The van der Waals surface area contributed by atoms with Crippen molar-refractivity contribution in [3.63, 3.8) is 0 Å². The molecule has 1 aliphatic carbocycles. The summed E-state index contributed by atoms with van der Waals surface area (Å²) in [7, 11) is 4.05. The Hall–Kier alpha value is -0.800. The van der Waals surface area contributed by atoms with Gasteiger partial charge in [-0.15, -0.1) is 0 Å². The average Bonchev–Trinajstić information content (AvgIpc) is 2.42. The molecule has 0 spiro atoms. The number of aromatic nitrogens is 1. The first-order valence-corrected chi connectivity index (χ1v) is 7.59.